The summed E-state index contributed by atoms with van der Waals surface area (Å²) in [7, 11) is -2.25. The summed E-state index contributed by atoms with van der Waals surface area (Å²) in [5.41, 5.74) is 3.69. The summed E-state index contributed by atoms with van der Waals surface area (Å²) in [6.45, 7) is 1.71. The smallest absolute Gasteiger partial charge is 0.266 e. The van der Waals surface area contributed by atoms with Gasteiger partial charge in [0.1, 0.15) is 0 Å². The number of ether oxygens (including phenoxy) is 2. The number of pyridine rings is 1. The minimum Gasteiger partial charge on any atom is -0.385 e. The number of nitrogens with one attached hydrogen (secondary N) is 1. The fourth-order valence-electron chi connectivity index (χ4n) is 4.29. The molecule has 9 nitrogen and oxygen atoms in total. The van der Waals surface area contributed by atoms with Crippen molar-refractivity contribution in [2.75, 3.05) is 40.0 Å². The molecule has 0 aromatic carbocycles. The van der Waals surface area contributed by atoms with Gasteiger partial charge in [0.25, 0.3) is 5.91 Å². The van der Waals surface area contributed by atoms with E-state index >= 15 is 0 Å². The monoisotopic (exact) mass is 441 g/mol. The highest BCUT2D eigenvalue weighted by Crippen LogP contribution is 2.36. The van der Waals surface area contributed by atoms with Crippen LogP contribution in [0, 0.1) is 0 Å². The summed E-state index contributed by atoms with van der Waals surface area (Å²) in [4.78, 5) is 16.9. The van der Waals surface area contributed by atoms with Crippen LogP contribution in [0.3, 0.4) is 0 Å². The van der Waals surface area contributed by atoms with Crippen molar-refractivity contribution >= 4 is 15.9 Å². The Balaban J connectivity index is 1.64. The van der Waals surface area contributed by atoms with E-state index in [1.54, 1.807) is 12.6 Å². The molecule has 30 heavy (non-hydrogen) atoms. The van der Waals surface area contributed by atoms with Crippen LogP contribution in [0.1, 0.15) is 49.3 Å². The first-order chi connectivity index (χ1) is 14.4. The van der Waals surface area contributed by atoms with Gasteiger partial charge < -0.3 is 9.47 Å². The predicted octanol–water partition coefficient (Wildman–Crippen LogP) is 1.22. The standard InChI is InChI=1S/C20H31N3O6S/c1-28-12-2-3-16-4-5-18(21-15-16)17-6-10-23(11-7-17)30(26,27)20(19(24)22-25)8-13-29-14-9-20/h4-5,15,17,25H,2-3,6-14H2,1H3,(H,22,24). The molecule has 10 heteroatoms. The number of aromatic nitrogens is 1. The summed E-state index contributed by atoms with van der Waals surface area (Å²) >= 11 is 0. The van der Waals surface area contributed by atoms with Gasteiger partial charge in [0.15, 0.2) is 4.75 Å². The second-order valence-corrected chi connectivity index (χ2v) is 10.2. The zero-order chi connectivity index (χ0) is 21.6. The van der Waals surface area contributed by atoms with Crippen LogP contribution < -0.4 is 5.48 Å². The fourth-order valence-corrected chi connectivity index (χ4v) is 6.44. The molecule has 2 aliphatic heterocycles. The van der Waals surface area contributed by atoms with Gasteiger partial charge in [0.2, 0.25) is 10.0 Å². The molecule has 0 aliphatic carbocycles. The number of rotatable bonds is 8. The van der Waals surface area contributed by atoms with E-state index in [2.05, 4.69) is 11.1 Å². The molecule has 0 unspecified atom stereocenters. The number of hydroxylamine groups is 1. The third kappa shape index (κ3) is 4.67. The molecule has 1 aromatic rings. The Bertz CT molecular complexity index is 800. The van der Waals surface area contributed by atoms with Gasteiger partial charge in [-0.15, -0.1) is 0 Å². The second-order valence-electron chi connectivity index (χ2n) is 7.91. The number of aryl methyl sites for hydroxylation is 1. The first-order valence-electron chi connectivity index (χ1n) is 10.4. The molecule has 3 rings (SSSR count). The van der Waals surface area contributed by atoms with Gasteiger partial charge in [-0.3, -0.25) is 15.0 Å². The number of carbonyl (C=O) groups excluding carboxylic acids is 1. The lowest BCUT2D eigenvalue weighted by molar-refractivity contribution is -0.134. The average Bonchev–Trinajstić information content (AvgIpc) is 2.79. The molecular formula is C20H31N3O6S. The normalized spacial score (nSPS) is 20.7. The largest absolute Gasteiger partial charge is 0.385 e. The van der Waals surface area contributed by atoms with Crippen molar-refractivity contribution < 1.29 is 27.9 Å². The third-order valence-corrected chi connectivity index (χ3v) is 8.81. The van der Waals surface area contributed by atoms with E-state index < -0.39 is 20.7 Å². The van der Waals surface area contributed by atoms with Gasteiger partial charge in [0.05, 0.1) is 0 Å². The molecule has 1 amide bonds. The first kappa shape index (κ1) is 23.1. The predicted molar refractivity (Wildman–Crippen MR) is 110 cm³/mol. The number of sulfonamides is 1. The number of amides is 1. The Hall–Kier alpha value is -1.59. The molecule has 0 bridgehead atoms. The molecule has 2 aliphatic rings. The van der Waals surface area contributed by atoms with Crippen LogP contribution in [0.25, 0.3) is 0 Å². The van der Waals surface area contributed by atoms with Crippen LogP contribution in [0.4, 0.5) is 0 Å². The summed E-state index contributed by atoms with van der Waals surface area (Å²) in [6, 6.07) is 4.10. The van der Waals surface area contributed by atoms with Crippen molar-refractivity contribution in [3.63, 3.8) is 0 Å². The molecule has 2 saturated heterocycles. The van der Waals surface area contributed by atoms with E-state index in [1.165, 1.54) is 4.31 Å². The van der Waals surface area contributed by atoms with Gasteiger partial charge in [-0.25, -0.2) is 18.2 Å². The molecule has 2 N–H and O–H groups in total. The van der Waals surface area contributed by atoms with Crippen LogP contribution in [0.5, 0.6) is 0 Å². The minimum atomic E-state index is -3.93. The Morgan fingerprint density at radius 1 is 1.33 bits per heavy atom. The maximum Gasteiger partial charge on any atom is 0.266 e. The van der Waals surface area contributed by atoms with Crippen molar-refractivity contribution in [1.29, 1.82) is 0 Å². The van der Waals surface area contributed by atoms with Gasteiger partial charge in [-0.2, -0.15) is 0 Å². The minimum absolute atomic E-state index is 0.0355. The van der Waals surface area contributed by atoms with E-state index in [-0.39, 0.29) is 32.0 Å². The first-order valence-corrected chi connectivity index (χ1v) is 11.8. The highest BCUT2D eigenvalue weighted by atomic mass is 32.2. The summed E-state index contributed by atoms with van der Waals surface area (Å²) in [5, 5.41) is 9.16. The van der Waals surface area contributed by atoms with Crippen molar-refractivity contribution in [3.05, 3.63) is 29.6 Å². The topological polar surface area (TPSA) is 118 Å². The molecule has 0 spiro atoms. The molecule has 0 saturated carbocycles. The van der Waals surface area contributed by atoms with Gasteiger partial charge in [0, 0.05) is 70.7 Å². The van der Waals surface area contributed by atoms with Crippen LogP contribution >= 0.6 is 0 Å². The lowest BCUT2D eigenvalue weighted by Crippen LogP contribution is -2.60. The molecular weight excluding hydrogens is 410 g/mol. The van der Waals surface area contributed by atoms with Gasteiger partial charge in [-0.05, 0) is 37.3 Å². The maximum atomic E-state index is 13.3. The zero-order valence-corrected chi connectivity index (χ0v) is 18.2. The average molecular weight is 442 g/mol. The van der Waals surface area contributed by atoms with Crippen LogP contribution in [-0.2, 0) is 30.7 Å². The quantitative estimate of drug-likeness (QED) is 0.354. The molecule has 0 radical (unpaired) electrons. The number of nitrogens with zero attached hydrogens (tertiary/aromatic N) is 2. The molecule has 2 fully saturated rings. The number of hydrogen-bond donors (Lipinski definition) is 2. The Labute approximate surface area is 177 Å². The molecule has 1 aromatic heterocycles. The molecule has 3 heterocycles. The van der Waals surface area contributed by atoms with E-state index in [1.807, 2.05) is 12.3 Å². The van der Waals surface area contributed by atoms with Crippen molar-refractivity contribution in [2.45, 2.75) is 49.2 Å². The Kier molecular flexibility index (Phi) is 7.81. The highest BCUT2D eigenvalue weighted by molar-refractivity contribution is 7.91. The van der Waals surface area contributed by atoms with Crippen molar-refractivity contribution in [2.24, 2.45) is 0 Å². The van der Waals surface area contributed by atoms with E-state index in [0.717, 1.165) is 30.7 Å². The van der Waals surface area contributed by atoms with Gasteiger partial charge >= 0.3 is 0 Å². The SMILES string of the molecule is COCCCc1ccc(C2CCN(S(=O)(=O)C3(C(=O)NO)CCOCC3)CC2)nc1. The summed E-state index contributed by atoms with van der Waals surface area (Å²) in [5.74, 6) is -0.694. The lowest BCUT2D eigenvalue weighted by Gasteiger charge is -2.40. The maximum absolute atomic E-state index is 13.3. The lowest BCUT2D eigenvalue weighted by atomic mass is 9.94. The number of carbonyl (C=O) groups is 1. The molecule has 0 atom stereocenters. The Morgan fingerprint density at radius 2 is 2.03 bits per heavy atom. The van der Waals surface area contributed by atoms with Crippen LogP contribution in [0.2, 0.25) is 0 Å². The van der Waals surface area contributed by atoms with Crippen LogP contribution in [-0.4, -0.2) is 73.6 Å². The van der Waals surface area contributed by atoms with Crippen LogP contribution in [0.15, 0.2) is 18.3 Å². The summed E-state index contributed by atoms with van der Waals surface area (Å²) < 4.78 is 36.7. The third-order valence-electron chi connectivity index (χ3n) is 6.18. The van der Waals surface area contributed by atoms with Gasteiger partial charge in [-0.1, -0.05) is 6.07 Å². The number of methoxy groups -OCH3 is 1. The zero-order valence-electron chi connectivity index (χ0n) is 17.4. The van der Waals surface area contributed by atoms with Crippen molar-refractivity contribution in [1.82, 2.24) is 14.8 Å². The number of hydrogen-bond acceptors (Lipinski definition) is 7. The highest BCUT2D eigenvalue weighted by Gasteiger charge is 2.54. The fraction of sp³-hybridized carbons (Fsp3) is 0.700. The number of piperidine rings is 1. The second kappa shape index (κ2) is 10.1. The van der Waals surface area contributed by atoms with E-state index in [4.69, 9.17) is 14.7 Å². The van der Waals surface area contributed by atoms with E-state index in [0.29, 0.717) is 25.9 Å². The Morgan fingerprint density at radius 3 is 2.60 bits per heavy atom. The molecule has 168 valence electrons. The summed E-state index contributed by atoms with van der Waals surface area (Å²) in [6.07, 6.45) is 5.10. The van der Waals surface area contributed by atoms with Crippen molar-refractivity contribution in [3.8, 4) is 0 Å². The van der Waals surface area contributed by atoms with E-state index in [9.17, 15) is 13.2 Å².